The first kappa shape index (κ1) is 15.3. The van der Waals surface area contributed by atoms with Crippen molar-refractivity contribution in [3.8, 4) is 5.75 Å². The first-order valence-corrected chi connectivity index (χ1v) is 7.42. The molecule has 0 amide bonds. The molecule has 1 unspecified atom stereocenters. The number of para-hydroxylation sites is 1. The third kappa shape index (κ3) is 4.78. The second kappa shape index (κ2) is 8.25. The van der Waals surface area contributed by atoms with Crippen molar-refractivity contribution >= 4 is 0 Å². The van der Waals surface area contributed by atoms with Crippen LogP contribution in [-0.4, -0.2) is 37.6 Å². The smallest absolute Gasteiger partial charge is 0.123 e. The molecule has 0 aromatic heterocycles. The number of hydrogen-bond donors (Lipinski definition) is 2. The van der Waals surface area contributed by atoms with E-state index in [0.717, 1.165) is 24.2 Å². The maximum absolute atomic E-state index is 9.90. The Labute approximate surface area is 121 Å². The summed E-state index contributed by atoms with van der Waals surface area (Å²) in [6.07, 6.45) is 4.70. The number of ether oxygens (including phenoxy) is 2. The minimum atomic E-state index is -0.453. The number of rotatable bonds is 8. The molecule has 1 aromatic carbocycles. The fraction of sp³-hybridized carbons (Fsp3) is 0.625. The Balaban J connectivity index is 1.64. The van der Waals surface area contributed by atoms with Gasteiger partial charge >= 0.3 is 0 Å². The van der Waals surface area contributed by atoms with Crippen LogP contribution in [0.1, 0.15) is 31.2 Å². The van der Waals surface area contributed by atoms with E-state index in [9.17, 15) is 5.11 Å². The summed E-state index contributed by atoms with van der Waals surface area (Å²) in [6.45, 7) is 1.64. The summed E-state index contributed by atoms with van der Waals surface area (Å²) >= 11 is 0. The number of aliphatic hydroxyl groups excluding tert-OH is 1. The van der Waals surface area contributed by atoms with E-state index in [1.54, 1.807) is 7.11 Å². The molecular formula is C16H25NO3. The van der Waals surface area contributed by atoms with Gasteiger partial charge in [0.2, 0.25) is 0 Å². The van der Waals surface area contributed by atoms with Gasteiger partial charge in [-0.15, -0.1) is 0 Å². The lowest BCUT2D eigenvalue weighted by Gasteiger charge is -2.16. The van der Waals surface area contributed by atoms with Gasteiger partial charge in [0, 0.05) is 18.7 Å². The van der Waals surface area contributed by atoms with Gasteiger partial charge in [-0.1, -0.05) is 31.0 Å². The standard InChI is InChI=1S/C16H25NO3/c1-19-16-9-5-2-6-13(16)10-17-11-14(18)12-20-15-7-3-4-8-15/h2,5-6,9,14-15,17-18H,3-4,7-8,10-12H2,1H3. The molecule has 0 aliphatic heterocycles. The van der Waals surface area contributed by atoms with Gasteiger partial charge in [0.1, 0.15) is 5.75 Å². The summed E-state index contributed by atoms with van der Waals surface area (Å²) in [5.74, 6) is 0.872. The van der Waals surface area contributed by atoms with Crippen LogP contribution >= 0.6 is 0 Å². The Hall–Kier alpha value is -1.10. The zero-order chi connectivity index (χ0) is 14.2. The second-order valence-corrected chi connectivity index (χ2v) is 5.34. The van der Waals surface area contributed by atoms with Crippen LogP contribution < -0.4 is 10.1 Å². The number of methoxy groups -OCH3 is 1. The highest BCUT2D eigenvalue weighted by Gasteiger charge is 2.16. The van der Waals surface area contributed by atoms with Crippen LogP contribution in [0.5, 0.6) is 5.75 Å². The van der Waals surface area contributed by atoms with Gasteiger partial charge < -0.3 is 19.9 Å². The van der Waals surface area contributed by atoms with Crippen LogP contribution in [0.15, 0.2) is 24.3 Å². The molecule has 1 aliphatic carbocycles. The molecule has 4 nitrogen and oxygen atoms in total. The Kier molecular flexibility index (Phi) is 6.30. The second-order valence-electron chi connectivity index (χ2n) is 5.34. The van der Waals surface area contributed by atoms with E-state index in [1.165, 1.54) is 12.8 Å². The molecule has 20 heavy (non-hydrogen) atoms. The first-order chi connectivity index (χ1) is 9.79. The van der Waals surface area contributed by atoms with Gasteiger partial charge in [0.25, 0.3) is 0 Å². The average Bonchev–Trinajstić information content (AvgIpc) is 2.99. The highest BCUT2D eigenvalue weighted by atomic mass is 16.5. The van der Waals surface area contributed by atoms with Crippen LogP contribution in [0.4, 0.5) is 0 Å². The van der Waals surface area contributed by atoms with Crippen molar-refractivity contribution in [2.75, 3.05) is 20.3 Å². The predicted molar refractivity (Wildman–Crippen MR) is 78.9 cm³/mol. The Bertz CT molecular complexity index is 391. The number of benzene rings is 1. The molecule has 112 valence electrons. The molecule has 1 atom stereocenters. The maximum Gasteiger partial charge on any atom is 0.123 e. The van der Waals surface area contributed by atoms with Crippen LogP contribution in [0.2, 0.25) is 0 Å². The summed E-state index contributed by atoms with van der Waals surface area (Å²) in [7, 11) is 1.67. The molecule has 0 heterocycles. The topological polar surface area (TPSA) is 50.7 Å². The number of aliphatic hydroxyl groups is 1. The lowest BCUT2D eigenvalue weighted by atomic mass is 10.2. The molecule has 1 aromatic rings. The maximum atomic E-state index is 9.90. The van der Waals surface area contributed by atoms with Crippen molar-refractivity contribution in [1.29, 1.82) is 0 Å². The van der Waals surface area contributed by atoms with Gasteiger partial charge in [0.15, 0.2) is 0 Å². The van der Waals surface area contributed by atoms with Crippen molar-refractivity contribution < 1.29 is 14.6 Å². The molecule has 1 saturated carbocycles. The summed E-state index contributed by atoms with van der Waals surface area (Å²) in [5, 5.41) is 13.1. The van der Waals surface area contributed by atoms with Gasteiger partial charge in [-0.05, 0) is 18.9 Å². The molecule has 0 saturated heterocycles. The van der Waals surface area contributed by atoms with E-state index in [0.29, 0.717) is 25.8 Å². The van der Waals surface area contributed by atoms with Crippen molar-refractivity contribution in [3.63, 3.8) is 0 Å². The van der Waals surface area contributed by atoms with Gasteiger partial charge in [0.05, 0.1) is 25.9 Å². The molecule has 4 heteroatoms. The average molecular weight is 279 g/mol. The number of nitrogens with one attached hydrogen (secondary N) is 1. The van der Waals surface area contributed by atoms with E-state index in [2.05, 4.69) is 5.32 Å². The van der Waals surface area contributed by atoms with Gasteiger partial charge in [-0.25, -0.2) is 0 Å². The summed E-state index contributed by atoms with van der Waals surface area (Å²) in [6, 6.07) is 7.90. The molecule has 2 rings (SSSR count). The third-order valence-electron chi connectivity index (χ3n) is 3.71. The van der Waals surface area contributed by atoms with E-state index in [-0.39, 0.29) is 0 Å². The zero-order valence-electron chi connectivity index (χ0n) is 12.2. The molecule has 1 aliphatic rings. The third-order valence-corrected chi connectivity index (χ3v) is 3.71. The van der Waals surface area contributed by atoms with E-state index in [1.807, 2.05) is 24.3 Å². The normalized spacial score (nSPS) is 17.3. The highest BCUT2D eigenvalue weighted by Crippen LogP contribution is 2.21. The molecule has 0 bridgehead atoms. The molecule has 1 fully saturated rings. The van der Waals surface area contributed by atoms with Crippen molar-refractivity contribution in [2.24, 2.45) is 0 Å². The fourth-order valence-electron chi connectivity index (χ4n) is 2.58. The lowest BCUT2D eigenvalue weighted by Crippen LogP contribution is -2.31. The Morgan fingerprint density at radius 1 is 1.30 bits per heavy atom. The van der Waals surface area contributed by atoms with E-state index >= 15 is 0 Å². The van der Waals surface area contributed by atoms with Crippen molar-refractivity contribution in [2.45, 2.75) is 44.4 Å². The highest BCUT2D eigenvalue weighted by molar-refractivity contribution is 5.32. The van der Waals surface area contributed by atoms with Gasteiger partial charge in [-0.2, -0.15) is 0 Å². The summed E-state index contributed by atoms with van der Waals surface area (Å²) < 4.78 is 11.0. The Morgan fingerprint density at radius 3 is 2.80 bits per heavy atom. The molecular weight excluding hydrogens is 254 g/mol. The molecule has 2 N–H and O–H groups in total. The van der Waals surface area contributed by atoms with Gasteiger partial charge in [-0.3, -0.25) is 0 Å². The van der Waals surface area contributed by atoms with Crippen LogP contribution in [0.25, 0.3) is 0 Å². The minimum absolute atomic E-state index is 0.360. The predicted octanol–water partition coefficient (Wildman–Crippen LogP) is 2.10. The van der Waals surface area contributed by atoms with Crippen LogP contribution in [0, 0.1) is 0 Å². The SMILES string of the molecule is COc1ccccc1CNCC(O)COC1CCCC1. The minimum Gasteiger partial charge on any atom is -0.496 e. The molecule has 0 spiro atoms. The fourth-order valence-corrected chi connectivity index (χ4v) is 2.58. The zero-order valence-corrected chi connectivity index (χ0v) is 12.2. The first-order valence-electron chi connectivity index (χ1n) is 7.42. The van der Waals surface area contributed by atoms with E-state index in [4.69, 9.17) is 9.47 Å². The van der Waals surface area contributed by atoms with E-state index < -0.39 is 6.10 Å². The monoisotopic (exact) mass is 279 g/mol. The Morgan fingerprint density at radius 2 is 2.05 bits per heavy atom. The largest absolute Gasteiger partial charge is 0.496 e. The van der Waals surface area contributed by atoms with Crippen LogP contribution in [-0.2, 0) is 11.3 Å². The van der Waals surface area contributed by atoms with Crippen molar-refractivity contribution in [1.82, 2.24) is 5.32 Å². The van der Waals surface area contributed by atoms with Crippen molar-refractivity contribution in [3.05, 3.63) is 29.8 Å². The quantitative estimate of drug-likeness (QED) is 0.765. The number of hydrogen-bond acceptors (Lipinski definition) is 4. The van der Waals surface area contributed by atoms with Crippen LogP contribution in [0.3, 0.4) is 0 Å². The molecule has 0 radical (unpaired) electrons. The summed E-state index contributed by atoms with van der Waals surface area (Å²) in [5.41, 5.74) is 1.10. The lowest BCUT2D eigenvalue weighted by molar-refractivity contribution is -0.00550. The summed E-state index contributed by atoms with van der Waals surface area (Å²) in [4.78, 5) is 0.